The zero-order chi connectivity index (χ0) is 38.2. The van der Waals surface area contributed by atoms with Gasteiger partial charge in [-0.25, -0.2) is 19.9 Å². The third-order valence-electron chi connectivity index (χ3n) is 11.1. The molecule has 0 fully saturated rings. The summed E-state index contributed by atoms with van der Waals surface area (Å²) in [6.45, 7) is 0. The molecular formula is C52H30N4OS. The Morgan fingerprint density at radius 3 is 1.84 bits per heavy atom. The van der Waals surface area contributed by atoms with E-state index in [-0.39, 0.29) is 0 Å². The van der Waals surface area contributed by atoms with Gasteiger partial charge in [-0.05, 0) is 52.2 Å². The van der Waals surface area contributed by atoms with Crippen molar-refractivity contribution in [3.63, 3.8) is 0 Å². The van der Waals surface area contributed by atoms with E-state index in [1.165, 1.54) is 25.6 Å². The van der Waals surface area contributed by atoms with Crippen LogP contribution in [0, 0.1) is 0 Å². The second-order valence-electron chi connectivity index (χ2n) is 14.5. The van der Waals surface area contributed by atoms with Crippen molar-refractivity contribution >= 4 is 75.1 Å². The molecule has 5 nitrogen and oxygen atoms in total. The summed E-state index contributed by atoms with van der Waals surface area (Å²) in [5, 5.41) is 8.12. The van der Waals surface area contributed by atoms with Crippen LogP contribution in [0.25, 0.3) is 120 Å². The van der Waals surface area contributed by atoms with Gasteiger partial charge in [-0.2, -0.15) is 0 Å². The largest absolute Gasteiger partial charge is 0.455 e. The minimum Gasteiger partial charge on any atom is -0.455 e. The van der Waals surface area contributed by atoms with Crippen LogP contribution in [0.4, 0.5) is 0 Å². The maximum Gasteiger partial charge on any atom is 0.167 e. The molecule has 0 atom stereocenters. The zero-order valence-electron chi connectivity index (χ0n) is 30.9. The average molecular weight is 759 g/mol. The number of benzene rings is 8. The van der Waals surface area contributed by atoms with Gasteiger partial charge in [0.15, 0.2) is 17.5 Å². The van der Waals surface area contributed by atoms with Crippen molar-refractivity contribution in [3.8, 4) is 56.5 Å². The molecule has 4 heterocycles. The van der Waals surface area contributed by atoms with Gasteiger partial charge in [-0.3, -0.25) is 0 Å². The highest BCUT2D eigenvalue weighted by atomic mass is 32.1. The smallest absolute Gasteiger partial charge is 0.167 e. The first kappa shape index (κ1) is 32.7. The highest BCUT2D eigenvalue weighted by molar-refractivity contribution is 7.26. The first-order chi connectivity index (χ1) is 28.7. The van der Waals surface area contributed by atoms with Crippen LogP contribution in [0.1, 0.15) is 0 Å². The van der Waals surface area contributed by atoms with E-state index in [2.05, 4.69) is 121 Å². The topological polar surface area (TPSA) is 64.7 Å². The fourth-order valence-corrected chi connectivity index (χ4v) is 9.68. The Bertz CT molecular complexity index is 3590. The lowest BCUT2D eigenvalue weighted by atomic mass is 9.92. The van der Waals surface area contributed by atoms with Crippen LogP contribution in [-0.4, -0.2) is 19.9 Å². The standard InChI is InChI=1S/C52H30N4OS/c1-2-14-31(15-3-1)50-54-51(56-52(55-50)42-24-13-23-39-37-20-7-10-26-44(37)57-48(39)42)33-17-12-16-32(30-33)34-28-29-38(36-19-5-4-18-35(34)36)47-49-46(40-21-6-9-25-43(40)53-47)41-22-8-11-27-45(41)58-49/h1-30H. The van der Waals surface area contributed by atoms with Gasteiger partial charge in [0.1, 0.15) is 11.2 Å². The van der Waals surface area contributed by atoms with E-state index in [4.69, 9.17) is 24.4 Å². The van der Waals surface area contributed by atoms with Crippen LogP contribution in [-0.2, 0) is 0 Å². The van der Waals surface area contributed by atoms with Crippen molar-refractivity contribution in [2.45, 2.75) is 0 Å². The zero-order valence-corrected chi connectivity index (χ0v) is 31.7. The predicted octanol–water partition coefficient (Wildman–Crippen LogP) is 14.2. The van der Waals surface area contributed by atoms with Gasteiger partial charge >= 0.3 is 0 Å². The number of aromatic nitrogens is 4. The highest BCUT2D eigenvalue weighted by Gasteiger charge is 2.20. The SMILES string of the molecule is c1ccc(-c2nc(-c3cccc(-c4ccc(-c5nc6ccccc6c6c5sc5ccccc56)c5ccccc45)c3)nc(-c3cccc4c3oc3ccccc34)n2)cc1. The van der Waals surface area contributed by atoms with Crippen LogP contribution in [0.5, 0.6) is 0 Å². The lowest BCUT2D eigenvalue weighted by Crippen LogP contribution is -2.00. The molecule has 0 aliphatic carbocycles. The van der Waals surface area contributed by atoms with E-state index in [9.17, 15) is 0 Å². The Morgan fingerprint density at radius 1 is 0.379 bits per heavy atom. The molecule has 0 bridgehead atoms. The number of hydrogen-bond acceptors (Lipinski definition) is 6. The molecule has 0 amide bonds. The number of nitrogens with zero attached hydrogens (tertiary/aromatic N) is 4. The Morgan fingerprint density at radius 2 is 0.983 bits per heavy atom. The number of hydrogen-bond donors (Lipinski definition) is 0. The summed E-state index contributed by atoms with van der Waals surface area (Å²) in [5.41, 5.74) is 9.54. The number of furan rings is 1. The van der Waals surface area contributed by atoms with Crippen molar-refractivity contribution in [2.75, 3.05) is 0 Å². The molecule has 12 rings (SSSR count). The Hall–Kier alpha value is -7.54. The van der Waals surface area contributed by atoms with Crippen molar-refractivity contribution in [3.05, 3.63) is 182 Å². The van der Waals surface area contributed by atoms with Gasteiger partial charge in [0, 0.05) is 48.3 Å². The number of rotatable bonds is 5. The molecule has 4 aromatic heterocycles. The van der Waals surface area contributed by atoms with Crippen molar-refractivity contribution in [1.29, 1.82) is 0 Å². The fourth-order valence-electron chi connectivity index (χ4n) is 8.46. The molecule has 0 unspecified atom stereocenters. The Balaban J connectivity index is 1.03. The molecule has 0 spiro atoms. The van der Waals surface area contributed by atoms with E-state index in [0.29, 0.717) is 17.5 Å². The van der Waals surface area contributed by atoms with Crippen molar-refractivity contribution in [1.82, 2.24) is 19.9 Å². The first-order valence-corrected chi connectivity index (χ1v) is 20.1. The Kier molecular flexibility index (Phi) is 7.33. The van der Waals surface area contributed by atoms with Crippen LogP contribution >= 0.6 is 11.3 Å². The third-order valence-corrected chi connectivity index (χ3v) is 12.3. The summed E-state index contributed by atoms with van der Waals surface area (Å²) in [4.78, 5) is 20.6. The minimum absolute atomic E-state index is 0.559. The van der Waals surface area contributed by atoms with E-state index < -0.39 is 0 Å². The van der Waals surface area contributed by atoms with E-state index >= 15 is 0 Å². The molecule has 8 aromatic carbocycles. The van der Waals surface area contributed by atoms with Gasteiger partial charge in [-0.15, -0.1) is 11.3 Å². The first-order valence-electron chi connectivity index (χ1n) is 19.3. The number of fused-ring (bicyclic) bond motifs is 9. The quantitative estimate of drug-likeness (QED) is 0.175. The predicted molar refractivity (Wildman–Crippen MR) is 240 cm³/mol. The molecule has 58 heavy (non-hydrogen) atoms. The number of pyridine rings is 1. The Labute approximate surface area is 336 Å². The highest BCUT2D eigenvalue weighted by Crippen LogP contribution is 2.45. The molecule has 0 aliphatic rings. The second kappa shape index (κ2) is 13.0. The van der Waals surface area contributed by atoms with Gasteiger partial charge in [-0.1, -0.05) is 152 Å². The van der Waals surface area contributed by atoms with Crippen molar-refractivity contribution < 1.29 is 4.42 Å². The normalized spacial score (nSPS) is 11.8. The summed E-state index contributed by atoms with van der Waals surface area (Å²) in [6, 6.07) is 63.2. The molecule has 0 saturated carbocycles. The monoisotopic (exact) mass is 758 g/mol. The van der Waals surface area contributed by atoms with Crippen LogP contribution in [0.15, 0.2) is 186 Å². The molecule has 6 heteroatoms. The van der Waals surface area contributed by atoms with Crippen LogP contribution in [0.3, 0.4) is 0 Å². The maximum atomic E-state index is 6.44. The molecule has 0 radical (unpaired) electrons. The fraction of sp³-hybridized carbons (Fsp3) is 0. The third kappa shape index (κ3) is 5.16. The summed E-state index contributed by atoms with van der Waals surface area (Å²) in [6.07, 6.45) is 0. The van der Waals surface area contributed by atoms with Gasteiger partial charge in [0.25, 0.3) is 0 Å². The lowest BCUT2D eigenvalue weighted by molar-refractivity contribution is 0.669. The van der Waals surface area contributed by atoms with Gasteiger partial charge < -0.3 is 4.42 Å². The number of thiophene rings is 1. The summed E-state index contributed by atoms with van der Waals surface area (Å²) >= 11 is 1.82. The van der Waals surface area contributed by atoms with Gasteiger partial charge in [0.05, 0.1) is 21.5 Å². The molecule has 270 valence electrons. The van der Waals surface area contributed by atoms with Crippen molar-refractivity contribution in [2.24, 2.45) is 0 Å². The van der Waals surface area contributed by atoms with E-state index in [1.807, 2.05) is 72.0 Å². The number of para-hydroxylation sites is 3. The summed E-state index contributed by atoms with van der Waals surface area (Å²) < 4.78 is 8.92. The average Bonchev–Trinajstić information content (AvgIpc) is 3.88. The molecular weight excluding hydrogens is 729 g/mol. The maximum absolute atomic E-state index is 6.44. The van der Waals surface area contributed by atoms with Crippen LogP contribution in [0.2, 0.25) is 0 Å². The van der Waals surface area contributed by atoms with E-state index in [0.717, 1.165) is 77.3 Å². The molecule has 0 aliphatic heterocycles. The molecule has 0 saturated heterocycles. The summed E-state index contributed by atoms with van der Waals surface area (Å²) in [7, 11) is 0. The molecule has 12 aromatic rings. The molecule has 0 N–H and O–H groups in total. The lowest BCUT2D eigenvalue weighted by Gasteiger charge is -2.14. The second-order valence-corrected chi connectivity index (χ2v) is 15.6. The summed E-state index contributed by atoms with van der Waals surface area (Å²) in [5.74, 6) is 1.75. The van der Waals surface area contributed by atoms with Gasteiger partial charge in [0.2, 0.25) is 0 Å². The minimum atomic E-state index is 0.559. The van der Waals surface area contributed by atoms with E-state index in [1.54, 1.807) is 0 Å². The van der Waals surface area contributed by atoms with Crippen LogP contribution < -0.4 is 0 Å².